The van der Waals surface area contributed by atoms with E-state index in [1.165, 1.54) is 0 Å². The lowest BCUT2D eigenvalue weighted by Crippen LogP contribution is -2.43. The second-order valence-electron chi connectivity index (χ2n) is 5.92. The van der Waals surface area contributed by atoms with Crippen molar-refractivity contribution in [1.82, 2.24) is 0 Å². The Morgan fingerprint density at radius 3 is 2.19 bits per heavy atom. The van der Waals surface area contributed by atoms with E-state index in [9.17, 15) is 0 Å². The Labute approximate surface area is 102 Å². The largest absolute Gasteiger partial charge is 0.403 e. The lowest BCUT2D eigenvalue weighted by Gasteiger charge is -2.38. The summed E-state index contributed by atoms with van der Waals surface area (Å²) in [4.78, 5) is 0. The third-order valence-corrected chi connectivity index (χ3v) is 7.57. The monoisotopic (exact) mass is 238 g/mol. The molecule has 1 nitrogen and oxygen atoms in total. The van der Waals surface area contributed by atoms with Crippen LogP contribution in [0.4, 0.5) is 0 Å². The maximum absolute atomic E-state index is 6.26. The minimum absolute atomic E-state index is 0.0170. The Hall–Kier alpha value is -0.523. The number of hydrogen-bond acceptors (Lipinski definition) is 1. The molecule has 0 N–H and O–H groups in total. The highest BCUT2D eigenvalue weighted by atomic mass is 28.4. The van der Waals surface area contributed by atoms with Crippen LogP contribution >= 0.6 is 0 Å². The van der Waals surface area contributed by atoms with Gasteiger partial charge in [0.25, 0.3) is 0 Å². The lowest BCUT2D eigenvalue weighted by atomic mass is 10.1. The summed E-state index contributed by atoms with van der Waals surface area (Å²) in [6.45, 7) is 19.1. The van der Waals surface area contributed by atoms with E-state index in [1.54, 1.807) is 0 Å². The summed E-state index contributed by atoms with van der Waals surface area (Å²) < 4.78 is 6.26. The Bertz CT molecular complexity index is 299. The molecular formula is C14H26OSi. The van der Waals surface area contributed by atoms with Gasteiger partial charge >= 0.3 is 0 Å². The van der Waals surface area contributed by atoms with Crippen molar-refractivity contribution in [2.45, 2.75) is 65.3 Å². The first kappa shape index (κ1) is 15.5. The van der Waals surface area contributed by atoms with Gasteiger partial charge < -0.3 is 4.43 Å². The minimum Gasteiger partial charge on any atom is -0.403 e. The van der Waals surface area contributed by atoms with Crippen LogP contribution in [0.5, 0.6) is 0 Å². The predicted molar refractivity (Wildman–Crippen MR) is 75.0 cm³/mol. The van der Waals surface area contributed by atoms with Gasteiger partial charge in [-0.2, -0.15) is 0 Å². The fourth-order valence-electron chi connectivity index (χ4n) is 1.13. The van der Waals surface area contributed by atoms with Gasteiger partial charge in [-0.15, -0.1) is 12.5 Å². The van der Waals surface area contributed by atoms with Gasteiger partial charge in [-0.25, -0.2) is 0 Å². The van der Waals surface area contributed by atoms with Crippen molar-refractivity contribution >= 4 is 8.32 Å². The van der Waals surface area contributed by atoms with Crippen LogP contribution in [0.25, 0.3) is 0 Å². The van der Waals surface area contributed by atoms with Crippen LogP contribution in [0.1, 0.15) is 41.0 Å². The van der Waals surface area contributed by atoms with Crippen molar-refractivity contribution in [3.05, 3.63) is 12.2 Å². The van der Waals surface area contributed by atoms with E-state index in [1.807, 2.05) is 13.8 Å². The van der Waals surface area contributed by atoms with Crippen molar-refractivity contribution in [1.29, 1.82) is 0 Å². The van der Waals surface area contributed by atoms with E-state index in [4.69, 9.17) is 4.43 Å². The predicted octanol–water partition coefficient (Wildman–Crippen LogP) is 4.37. The smallest absolute Gasteiger partial charge is 0.193 e. The van der Waals surface area contributed by atoms with Gasteiger partial charge in [0, 0.05) is 6.42 Å². The molecule has 0 aliphatic carbocycles. The van der Waals surface area contributed by atoms with E-state index in [0.29, 0.717) is 0 Å². The molecule has 16 heavy (non-hydrogen) atoms. The van der Waals surface area contributed by atoms with Crippen molar-refractivity contribution in [2.75, 3.05) is 0 Å². The Morgan fingerprint density at radius 2 is 1.88 bits per heavy atom. The Balaban J connectivity index is 4.73. The van der Waals surface area contributed by atoms with Crippen LogP contribution in [0, 0.1) is 11.8 Å². The fourth-order valence-corrected chi connectivity index (χ4v) is 2.34. The molecule has 1 atom stereocenters. The number of hydrogen-bond donors (Lipinski definition) is 0. The molecule has 0 saturated heterocycles. The molecule has 0 spiro atoms. The molecule has 0 bridgehead atoms. The molecule has 0 rings (SSSR count). The SMILES string of the molecule is C=C(C)CC(C#CC)O[Si](C)(C)C(C)(C)C. The van der Waals surface area contributed by atoms with Gasteiger partial charge in [-0.1, -0.05) is 32.3 Å². The molecular weight excluding hydrogens is 212 g/mol. The first-order chi connectivity index (χ1) is 7.10. The summed E-state index contributed by atoms with van der Waals surface area (Å²) in [5, 5.41) is 0.232. The highest BCUT2D eigenvalue weighted by Crippen LogP contribution is 2.37. The zero-order chi connectivity index (χ0) is 13.0. The molecule has 0 fully saturated rings. The quantitative estimate of drug-likeness (QED) is 0.401. The molecule has 0 heterocycles. The van der Waals surface area contributed by atoms with Gasteiger partial charge in [0.15, 0.2) is 8.32 Å². The molecule has 0 aliphatic rings. The third kappa shape index (κ3) is 5.00. The van der Waals surface area contributed by atoms with Crippen LogP contribution in [-0.2, 0) is 4.43 Å². The van der Waals surface area contributed by atoms with Gasteiger partial charge in [0.2, 0.25) is 0 Å². The second kappa shape index (κ2) is 5.70. The average Bonchev–Trinajstić information content (AvgIpc) is 1.99. The summed E-state index contributed by atoms with van der Waals surface area (Å²) >= 11 is 0. The Morgan fingerprint density at radius 1 is 1.38 bits per heavy atom. The minimum atomic E-state index is -1.72. The number of rotatable bonds is 4. The summed E-state index contributed by atoms with van der Waals surface area (Å²) in [5.74, 6) is 6.10. The van der Waals surface area contributed by atoms with Gasteiger partial charge in [-0.05, 0) is 32.0 Å². The van der Waals surface area contributed by atoms with Crippen LogP contribution in [-0.4, -0.2) is 14.4 Å². The first-order valence-corrected chi connectivity index (χ1v) is 8.75. The molecule has 0 aliphatic heterocycles. The van der Waals surface area contributed by atoms with E-state index in [-0.39, 0.29) is 11.1 Å². The molecule has 0 aromatic heterocycles. The van der Waals surface area contributed by atoms with E-state index >= 15 is 0 Å². The maximum Gasteiger partial charge on any atom is 0.193 e. The van der Waals surface area contributed by atoms with Crippen molar-refractivity contribution in [2.24, 2.45) is 0 Å². The average molecular weight is 238 g/mol. The topological polar surface area (TPSA) is 9.23 Å². The zero-order valence-corrected chi connectivity index (χ0v) is 12.9. The standard InChI is InChI=1S/C14H26OSi/c1-9-10-13(11-12(2)3)15-16(7,8)14(4,5)6/h13H,2,11H2,1,3-8H3. The highest BCUT2D eigenvalue weighted by molar-refractivity contribution is 6.74. The molecule has 2 heteroatoms. The maximum atomic E-state index is 6.26. The van der Waals surface area contributed by atoms with Crippen molar-refractivity contribution < 1.29 is 4.43 Å². The first-order valence-electron chi connectivity index (χ1n) is 5.84. The third-order valence-electron chi connectivity index (χ3n) is 3.08. The second-order valence-corrected chi connectivity index (χ2v) is 10.7. The van der Waals surface area contributed by atoms with Crippen LogP contribution in [0.15, 0.2) is 12.2 Å². The highest BCUT2D eigenvalue weighted by Gasteiger charge is 2.38. The normalized spacial score (nSPS) is 13.9. The van der Waals surface area contributed by atoms with Crippen molar-refractivity contribution in [3.8, 4) is 11.8 Å². The molecule has 1 unspecified atom stereocenters. The van der Waals surface area contributed by atoms with Gasteiger partial charge in [0.1, 0.15) is 6.10 Å². The Kier molecular flexibility index (Phi) is 5.51. The van der Waals surface area contributed by atoms with E-state index in [0.717, 1.165) is 12.0 Å². The summed E-state index contributed by atoms with van der Waals surface area (Å²) in [5.41, 5.74) is 1.13. The van der Waals surface area contributed by atoms with E-state index < -0.39 is 8.32 Å². The molecule has 0 amide bonds. The molecule has 0 saturated carbocycles. The zero-order valence-electron chi connectivity index (χ0n) is 11.9. The fraction of sp³-hybridized carbons (Fsp3) is 0.714. The van der Waals surface area contributed by atoms with Crippen LogP contribution in [0.2, 0.25) is 18.1 Å². The molecule has 0 aromatic rings. The van der Waals surface area contributed by atoms with Crippen molar-refractivity contribution in [3.63, 3.8) is 0 Å². The summed E-state index contributed by atoms with van der Waals surface area (Å²) in [6, 6.07) is 0. The summed E-state index contributed by atoms with van der Waals surface area (Å²) in [7, 11) is -1.72. The lowest BCUT2D eigenvalue weighted by molar-refractivity contribution is 0.233. The van der Waals surface area contributed by atoms with E-state index in [2.05, 4.69) is 52.3 Å². The van der Waals surface area contributed by atoms with Crippen LogP contribution < -0.4 is 0 Å². The van der Waals surface area contributed by atoms with Gasteiger partial charge in [0.05, 0.1) is 0 Å². The molecule has 92 valence electrons. The van der Waals surface area contributed by atoms with Crippen LogP contribution in [0.3, 0.4) is 0 Å². The molecule has 0 aromatic carbocycles. The van der Waals surface area contributed by atoms with Gasteiger partial charge in [-0.3, -0.25) is 0 Å². The molecule has 0 radical (unpaired) electrons. The summed E-state index contributed by atoms with van der Waals surface area (Å²) in [6.07, 6.45) is 0.858.